The Bertz CT molecular complexity index is 369. The average Bonchev–Trinajstić information content (AvgIpc) is 2.33. The Hall–Kier alpha value is -1.27. The van der Waals surface area contributed by atoms with Crippen molar-refractivity contribution in [2.24, 2.45) is 5.73 Å². The summed E-state index contributed by atoms with van der Waals surface area (Å²) in [5, 5.41) is 0. The van der Waals surface area contributed by atoms with E-state index in [2.05, 4.69) is 0 Å². The van der Waals surface area contributed by atoms with Crippen molar-refractivity contribution in [3.05, 3.63) is 29.8 Å². The summed E-state index contributed by atoms with van der Waals surface area (Å²) >= 11 is 0. The van der Waals surface area contributed by atoms with Crippen LogP contribution in [0.2, 0.25) is 0 Å². The average molecular weight is 263 g/mol. The van der Waals surface area contributed by atoms with Crippen LogP contribution in [-0.2, 0) is 10.9 Å². The third kappa shape index (κ3) is 4.54. The summed E-state index contributed by atoms with van der Waals surface area (Å²) in [6.07, 6.45) is -3.89. The highest BCUT2D eigenvalue weighted by molar-refractivity contribution is 5.35. The molecule has 0 saturated carbocycles. The molecule has 0 heterocycles. The van der Waals surface area contributed by atoms with E-state index < -0.39 is 11.7 Å². The van der Waals surface area contributed by atoms with Crippen LogP contribution in [0.3, 0.4) is 0 Å². The lowest BCUT2D eigenvalue weighted by atomic mass is 10.2. The van der Waals surface area contributed by atoms with E-state index >= 15 is 0 Å². The first-order valence-electron chi connectivity index (χ1n) is 5.48. The molecule has 0 aliphatic carbocycles. The molecular weight excluding hydrogens is 247 g/mol. The van der Waals surface area contributed by atoms with Crippen LogP contribution in [0.4, 0.5) is 13.2 Å². The maximum Gasteiger partial charge on any atom is 0.419 e. The van der Waals surface area contributed by atoms with Crippen molar-refractivity contribution < 1.29 is 22.6 Å². The molecule has 0 fully saturated rings. The highest BCUT2D eigenvalue weighted by Gasteiger charge is 2.34. The van der Waals surface area contributed by atoms with Gasteiger partial charge in [0.1, 0.15) is 12.4 Å². The lowest BCUT2D eigenvalue weighted by Gasteiger charge is -2.16. The fourth-order valence-corrected chi connectivity index (χ4v) is 1.38. The van der Waals surface area contributed by atoms with Gasteiger partial charge in [-0.1, -0.05) is 12.1 Å². The summed E-state index contributed by atoms with van der Waals surface area (Å²) in [6.45, 7) is 0.474. The highest BCUT2D eigenvalue weighted by Crippen LogP contribution is 2.35. The molecule has 3 nitrogen and oxygen atoms in total. The van der Waals surface area contributed by atoms with Gasteiger partial charge in [0.15, 0.2) is 0 Å². The SMILES string of the molecule is COCCC(N)COc1ccccc1C(F)(F)F. The Labute approximate surface area is 104 Å². The van der Waals surface area contributed by atoms with Crippen molar-refractivity contribution in [3.8, 4) is 5.75 Å². The fraction of sp³-hybridized carbons (Fsp3) is 0.500. The number of nitrogens with two attached hydrogens (primary N) is 1. The number of ether oxygens (including phenoxy) is 2. The summed E-state index contributed by atoms with van der Waals surface area (Å²) in [5.41, 5.74) is 4.89. The van der Waals surface area contributed by atoms with Gasteiger partial charge in [-0.25, -0.2) is 0 Å². The third-order valence-electron chi connectivity index (χ3n) is 2.34. The standard InChI is InChI=1S/C12H16F3NO2/c1-17-7-6-9(16)8-18-11-5-3-2-4-10(11)12(13,14)15/h2-5,9H,6-8,16H2,1H3. The smallest absolute Gasteiger partial charge is 0.419 e. The van der Waals surface area contributed by atoms with Gasteiger partial charge in [0.2, 0.25) is 0 Å². The molecule has 6 heteroatoms. The van der Waals surface area contributed by atoms with E-state index in [9.17, 15) is 13.2 Å². The van der Waals surface area contributed by atoms with Crippen molar-refractivity contribution in [2.45, 2.75) is 18.6 Å². The number of hydrogen-bond donors (Lipinski definition) is 1. The van der Waals surface area contributed by atoms with Crippen LogP contribution >= 0.6 is 0 Å². The summed E-state index contributed by atoms with van der Waals surface area (Å²) in [6, 6.07) is 4.72. The second-order valence-electron chi connectivity index (χ2n) is 3.85. The first-order chi connectivity index (χ1) is 8.45. The molecule has 1 unspecified atom stereocenters. The zero-order valence-electron chi connectivity index (χ0n) is 10.0. The molecule has 18 heavy (non-hydrogen) atoms. The predicted octanol–water partition coefficient (Wildman–Crippen LogP) is 2.45. The maximum absolute atomic E-state index is 12.6. The van der Waals surface area contributed by atoms with Crippen LogP contribution in [0.15, 0.2) is 24.3 Å². The van der Waals surface area contributed by atoms with Crippen molar-refractivity contribution in [1.29, 1.82) is 0 Å². The van der Waals surface area contributed by atoms with E-state index in [0.717, 1.165) is 6.07 Å². The second-order valence-corrected chi connectivity index (χ2v) is 3.85. The van der Waals surface area contributed by atoms with Gasteiger partial charge in [0.25, 0.3) is 0 Å². The van der Waals surface area contributed by atoms with Crippen LogP contribution in [0.5, 0.6) is 5.75 Å². The predicted molar refractivity (Wildman–Crippen MR) is 61.4 cm³/mol. The van der Waals surface area contributed by atoms with Gasteiger partial charge >= 0.3 is 6.18 Å². The van der Waals surface area contributed by atoms with E-state index in [4.69, 9.17) is 15.2 Å². The van der Waals surface area contributed by atoms with Crippen molar-refractivity contribution in [3.63, 3.8) is 0 Å². The second kappa shape index (κ2) is 6.61. The third-order valence-corrected chi connectivity index (χ3v) is 2.34. The Balaban J connectivity index is 2.62. The summed E-state index contributed by atoms with van der Waals surface area (Å²) in [5.74, 6) is -0.196. The largest absolute Gasteiger partial charge is 0.491 e. The van der Waals surface area contributed by atoms with E-state index in [1.165, 1.54) is 25.3 Å². The van der Waals surface area contributed by atoms with E-state index in [1.54, 1.807) is 0 Å². The molecule has 1 aromatic rings. The van der Waals surface area contributed by atoms with Gasteiger partial charge in [-0.05, 0) is 18.6 Å². The molecule has 0 saturated heterocycles. The summed E-state index contributed by atoms with van der Waals surface area (Å²) < 4.78 is 47.9. The molecule has 2 N–H and O–H groups in total. The van der Waals surface area contributed by atoms with Gasteiger partial charge in [0.05, 0.1) is 5.56 Å². The molecule has 0 radical (unpaired) electrons. The minimum absolute atomic E-state index is 0.0243. The number of benzene rings is 1. The lowest BCUT2D eigenvalue weighted by molar-refractivity contribution is -0.139. The van der Waals surface area contributed by atoms with Crippen LogP contribution in [-0.4, -0.2) is 26.4 Å². The first kappa shape index (κ1) is 14.8. The Kier molecular flexibility index (Phi) is 5.43. The molecule has 102 valence electrons. The van der Waals surface area contributed by atoms with E-state index in [0.29, 0.717) is 13.0 Å². The topological polar surface area (TPSA) is 44.5 Å². The molecule has 1 rings (SSSR count). The van der Waals surface area contributed by atoms with Gasteiger partial charge < -0.3 is 15.2 Å². The van der Waals surface area contributed by atoms with E-state index in [1.807, 2.05) is 0 Å². The molecule has 0 bridgehead atoms. The van der Waals surface area contributed by atoms with E-state index in [-0.39, 0.29) is 18.4 Å². The quantitative estimate of drug-likeness (QED) is 0.857. The molecule has 0 aliphatic rings. The molecule has 0 spiro atoms. The normalized spacial score (nSPS) is 13.4. The van der Waals surface area contributed by atoms with Crippen LogP contribution in [0.25, 0.3) is 0 Å². The summed E-state index contributed by atoms with van der Waals surface area (Å²) in [4.78, 5) is 0. The highest BCUT2D eigenvalue weighted by atomic mass is 19.4. The van der Waals surface area contributed by atoms with Crippen molar-refractivity contribution in [2.75, 3.05) is 20.3 Å². The number of hydrogen-bond acceptors (Lipinski definition) is 3. The molecule has 1 aromatic carbocycles. The Morgan fingerprint density at radius 2 is 1.94 bits per heavy atom. The van der Waals surface area contributed by atoms with Crippen LogP contribution in [0, 0.1) is 0 Å². The van der Waals surface area contributed by atoms with Gasteiger partial charge in [-0.15, -0.1) is 0 Å². The Morgan fingerprint density at radius 1 is 1.28 bits per heavy atom. The van der Waals surface area contributed by atoms with Crippen molar-refractivity contribution >= 4 is 0 Å². The van der Waals surface area contributed by atoms with Gasteiger partial charge in [-0.2, -0.15) is 13.2 Å². The number of alkyl halides is 3. The van der Waals surface area contributed by atoms with Gasteiger partial charge in [0, 0.05) is 19.8 Å². The number of methoxy groups -OCH3 is 1. The zero-order chi connectivity index (χ0) is 13.6. The molecule has 0 aliphatic heterocycles. The monoisotopic (exact) mass is 263 g/mol. The fourth-order valence-electron chi connectivity index (χ4n) is 1.38. The Morgan fingerprint density at radius 3 is 2.56 bits per heavy atom. The number of rotatable bonds is 6. The lowest BCUT2D eigenvalue weighted by Crippen LogP contribution is -2.29. The molecule has 0 amide bonds. The summed E-state index contributed by atoms with van der Waals surface area (Å²) in [7, 11) is 1.53. The molecule has 0 aromatic heterocycles. The zero-order valence-corrected chi connectivity index (χ0v) is 10.0. The maximum atomic E-state index is 12.6. The minimum atomic E-state index is -4.42. The molecule has 1 atom stereocenters. The van der Waals surface area contributed by atoms with Crippen LogP contribution in [0.1, 0.15) is 12.0 Å². The number of para-hydroxylation sites is 1. The number of halogens is 3. The minimum Gasteiger partial charge on any atom is -0.491 e. The van der Waals surface area contributed by atoms with Gasteiger partial charge in [-0.3, -0.25) is 0 Å². The van der Waals surface area contributed by atoms with Crippen molar-refractivity contribution in [1.82, 2.24) is 0 Å². The van der Waals surface area contributed by atoms with Crippen LogP contribution < -0.4 is 10.5 Å². The molecular formula is C12H16F3NO2. The first-order valence-corrected chi connectivity index (χ1v) is 5.48.